The van der Waals surface area contributed by atoms with Crippen LogP contribution in [0.4, 0.5) is 4.79 Å². The Balaban J connectivity index is 1.40. The van der Waals surface area contributed by atoms with Crippen molar-refractivity contribution in [3.05, 3.63) is 30.1 Å². The van der Waals surface area contributed by atoms with E-state index in [1.165, 1.54) is 19.3 Å². The van der Waals surface area contributed by atoms with E-state index < -0.39 is 0 Å². The van der Waals surface area contributed by atoms with Crippen molar-refractivity contribution in [2.45, 2.75) is 57.4 Å². The van der Waals surface area contributed by atoms with Crippen LogP contribution in [0.5, 0.6) is 0 Å². The Kier molecular flexibility index (Phi) is 4.83. The minimum atomic E-state index is -0.212. The van der Waals surface area contributed by atoms with Crippen LogP contribution in [0.15, 0.2) is 24.4 Å². The third-order valence-corrected chi connectivity index (χ3v) is 5.08. The van der Waals surface area contributed by atoms with E-state index in [2.05, 4.69) is 15.3 Å². The topological polar surface area (TPSA) is 93.4 Å². The average Bonchev–Trinajstić information content (AvgIpc) is 3.29. The van der Waals surface area contributed by atoms with Crippen LogP contribution in [0.1, 0.15) is 37.8 Å². The number of carbonyl (C=O) groups excluding carboxylic acids is 1. The highest BCUT2D eigenvalue weighted by molar-refractivity contribution is 5.70. The van der Waals surface area contributed by atoms with Crippen molar-refractivity contribution >= 4 is 6.09 Å². The molecule has 8 nitrogen and oxygen atoms in total. The number of carbonyl (C=O) groups is 1. The van der Waals surface area contributed by atoms with Crippen molar-refractivity contribution in [1.82, 2.24) is 24.9 Å². The molecule has 0 aromatic carbocycles. The summed E-state index contributed by atoms with van der Waals surface area (Å²) in [7, 11) is 0. The van der Waals surface area contributed by atoms with Gasteiger partial charge < -0.3 is 14.7 Å². The molecule has 26 heavy (non-hydrogen) atoms. The van der Waals surface area contributed by atoms with Crippen molar-refractivity contribution < 1.29 is 14.6 Å². The number of amides is 1. The van der Waals surface area contributed by atoms with Gasteiger partial charge in [0.25, 0.3) is 0 Å². The van der Waals surface area contributed by atoms with Gasteiger partial charge in [0.05, 0.1) is 37.3 Å². The van der Waals surface area contributed by atoms with E-state index in [9.17, 15) is 9.90 Å². The number of pyridine rings is 1. The number of hydrogen-bond donors (Lipinski definition) is 1. The van der Waals surface area contributed by atoms with Gasteiger partial charge in [-0.1, -0.05) is 30.5 Å². The molecule has 4 rings (SSSR count). The maximum absolute atomic E-state index is 12.2. The average molecular weight is 357 g/mol. The molecule has 8 heteroatoms. The maximum atomic E-state index is 12.2. The zero-order chi connectivity index (χ0) is 17.9. The molecule has 138 valence electrons. The van der Waals surface area contributed by atoms with E-state index in [1.54, 1.807) is 16.9 Å². The van der Waals surface area contributed by atoms with Crippen LogP contribution in [-0.2, 0) is 17.9 Å². The molecule has 1 atom stereocenters. The van der Waals surface area contributed by atoms with Crippen LogP contribution in [-0.4, -0.2) is 54.8 Å². The van der Waals surface area contributed by atoms with E-state index in [4.69, 9.17) is 4.74 Å². The molecule has 2 aliphatic rings. The van der Waals surface area contributed by atoms with Crippen LogP contribution in [0.3, 0.4) is 0 Å². The SMILES string of the molecule is O=C1OC(Cn2cc(-c3cccc(CO)n3)nn2)CN1C1CCCCC1. The van der Waals surface area contributed by atoms with E-state index in [1.807, 2.05) is 17.0 Å². The Morgan fingerprint density at radius 1 is 1.19 bits per heavy atom. The first kappa shape index (κ1) is 17.0. The second-order valence-electron chi connectivity index (χ2n) is 6.95. The van der Waals surface area contributed by atoms with Crippen molar-refractivity contribution in [2.75, 3.05) is 6.54 Å². The highest BCUT2D eigenvalue weighted by Crippen LogP contribution is 2.27. The Labute approximate surface area is 151 Å². The second kappa shape index (κ2) is 7.41. The van der Waals surface area contributed by atoms with Crippen molar-refractivity contribution in [3.8, 4) is 11.4 Å². The molecule has 0 radical (unpaired) electrons. The van der Waals surface area contributed by atoms with Crippen LogP contribution >= 0.6 is 0 Å². The Hall–Kier alpha value is -2.48. The van der Waals surface area contributed by atoms with E-state index >= 15 is 0 Å². The summed E-state index contributed by atoms with van der Waals surface area (Å²) >= 11 is 0. The molecule has 2 fully saturated rings. The van der Waals surface area contributed by atoms with E-state index in [-0.39, 0.29) is 18.8 Å². The number of aliphatic hydroxyl groups excluding tert-OH is 1. The van der Waals surface area contributed by atoms with Crippen LogP contribution in [0.2, 0.25) is 0 Å². The minimum Gasteiger partial charge on any atom is -0.442 e. The first-order valence-corrected chi connectivity index (χ1v) is 9.17. The number of hydrogen-bond acceptors (Lipinski definition) is 6. The fraction of sp³-hybridized carbons (Fsp3) is 0.556. The molecular weight excluding hydrogens is 334 g/mol. The van der Waals surface area contributed by atoms with Gasteiger partial charge in [0.1, 0.15) is 11.8 Å². The van der Waals surface area contributed by atoms with E-state index in [0.29, 0.717) is 36.2 Å². The van der Waals surface area contributed by atoms with Crippen molar-refractivity contribution in [1.29, 1.82) is 0 Å². The minimum absolute atomic E-state index is 0.114. The third-order valence-electron chi connectivity index (χ3n) is 5.08. The molecule has 1 aliphatic heterocycles. The highest BCUT2D eigenvalue weighted by Gasteiger charge is 2.36. The standard InChI is InChI=1S/C18H23N5O3/c24-12-13-5-4-8-16(19-13)17-11-22(21-20-17)9-15-10-23(18(25)26-15)14-6-2-1-3-7-14/h4-5,8,11,14-15,24H,1-3,6-7,9-10,12H2. The zero-order valence-electron chi connectivity index (χ0n) is 14.6. The van der Waals surface area contributed by atoms with Gasteiger partial charge in [0.2, 0.25) is 0 Å². The molecule has 1 aliphatic carbocycles. The van der Waals surface area contributed by atoms with Gasteiger partial charge in [0, 0.05) is 6.04 Å². The summed E-state index contributed by atoms with van der Waals surface area (Å²) in [5.74, 6) is 0. The second-order valence-corrected chi connectivity index (χ2v) is 6.95. The molecule has 1 saturated heterocycles. The molecule has 3 heterocycles. The molecule has 0 bridgehead atoms. The molecule has 1 saturated carbocycles. The lowest BCUT2D eigenvalue weighted by atomic mass is 9.94. The lowest BCUT2D eigenvalue weighted by Gasteiger charge is -2.28. The van der Waals surface area contributed by atoms with Crippen LogP contribution in [0.25, 0.3) is 11.4 Å². The highest BCUT2D eigenvalue weighted by atomic mass is 16.6. The predicted molar refractivity (Wildman–Crippen MR) is 93.0 cm³/mol. The smallest absolute Gasteiger partial charge is 0.410 e. The molecule has 1 amide bonds. The summed E-state index contributed by atoms with van der Waals surface area (Å²) in [6, 6.07) is 5.73. The summed E-state index contributed by atoms with van der Waals surface area (Å²) < 4.78 is 7.22. The molecule has 2 aromatic rings. The van der Waals surface area contributed by atoms with Gasteiger partial charge in [-0.3, -0.25) is 0 Å². The zero-order valence-corrected chi connectivity index (χ0v) is 14.6. The Bertz CT molecular complexity index is 772. The lowest BCUT2D eigenvalue weighted by molar-refractivity contribution is 0.117. The Morgan fingerprint density at radius 3 is 2.85 bits per heavy atom. The molecular formula is C18H23N5O3. The number of ether oxygens (including phenoxy) is 1. The maximum Gasteiger partial charge on any atom is 0.410 e. The van der Waals surface area contributed by atoms with Gasteiger partial charge in [-0.15, -0.1) is 5.10 Å². The van der Waals surface area contributed by atoms with Crippen LogP contribution in [0, 0.1) is 0 Å². The number of rotatable bonds is 5. The van der Waals surface area contributed by atoms with Gasteiger partial charge in [-0.05, 0) is 25.0 Å². The largest absolute Gasteiger partial charge is 0.442 e. The van der Waals surface area contributed by atoms with Crippen molar-refractivity contribution in [3.63, 3.8) is 0 Å². The van der Waals surface area contributed by atoms with Crippen molar-refractivity contribution in [2.24, 2.45) is 0 Å². The number of nitrogens with zero attached hydrogens (tertiary/aromatic N) is 5. The number of aliphatic hydroxyl groups is 1. The first-order chi connectivity index (χ1) is 12.7. The predicted octanol–water partition coefficient (Wildman–Crippen LogP) is 1.99. The van der Waals surface area contributed by atoms with Gasteiger partial charge in [-0.2, -0.15) is 0 Å². The fourth-order valence-corrected chi connectivity index (χ4v) is 3.75. The Morgan fingerprint density at radius 2 is 2.04 bits per heavy atom. The quantitative estimate of drug-likeness (QED) is 0.879. The molecule has 0 spiro atoms. The van der Waals surface area contributed by atoms with Crippen LogP contribution < -0.4 is 0 Å². The summed E-state index contributed by atoms with van der Waals surface area (Å²) in [5, 5.41) is 17.5. The molecule has 1 N–H and O–H groups in total. The van der Waals surface area contributed by atoms with E-state index in [0.717, 1.165) is 12.8 Å². The summed E-state index contributed by atoms with van der Waals surface area (Å²) in [6.45, 7) is 0.968. The number of cyclic esters (lactones) is 1. The normalized spacial score (nSPS) is 21.2. The summed E-state index contributed by atoms with van der Waals surface area (Å²) in [4.78, 5) is 18.4. The van der Waals surface area contributed by atoms with Gasteiger partial charge in [0.15, 0.2) is 0 Å². The molecule has 1 unspecified atom stereocenters. The molecule has 2 aromatic heterocycles. The third kappa shape index (κ3) is 3.55. The summed E-state index contributed by atoms with van der Waals surface area (Å²) in [5.41, 5.74) is 1.88. The van der Waals surface area contributed by atoms with Gasteiger partial charge >= 0.3 is 6.09 Å². The lowest BCUT2D eigenvalue weighted by Crippen LogP contribution is -2.38. The monoisotopic (exact) mass is 357 g/mol. The number of aromatic nitrogens is 4. The summed E-state index contributed by atoms with van der Waals surface area (Å²) in [6.07, 6.45) is 7.15. The first-order valence-electron chi connectivity index (χ1n) is 9.17. The van der Waals surface area contributed by atoms with Gasteiger partial charge in [-0.25, -0.2) is 14.5 Å². The fourth-order valence-electron chi connectivity index (χ4n) is 3.75.